The van der Waals surface area contributed by atoms with Gasteiger partial charge in [-0.25, -0.2) is 0 Å². The fraction of sp³-hybridized carbons (Fsp3) is 0.286. The van der Waals surface area contributed by atoms with Gasteiger partial charge in [-0.15, -0.1) is 0 Å². The van der Waals surface area contributed by atoms with Gasteiger partial charge in [0.1, 0.15) is 0 Å². The van der Waals surface area contributed by atoms with E-state index in [1.807, 2.05) is 29.9 Å². The zero-order valence-electron chi connectivity index (χ0n) is 5.66. The number of hydrogen-bond acceptors (Lipinski definition) is 3. The number of nitriles is 1. The molecule has 0 fully saturated rings. The highest BCUT2D eigenvalue weighted by Crippen LogP contribution is 2.14. The summed E-state index contributed by atoms with van der Waals surface area (Å²) in [7, 11) is 0. The Hall–Kier alpha value is -1.01. The first-order valence-corrected chi connectivity index (χ1v) is 3.95. The average Bonchev–Trinajstić information content (AvgIpc) is 2.38. The van der Waals surface area contributed by atoms with Crippen LogP contribution in [0.3, 0.4) is 0 Å². The highest BCUT2D eigenvalue weighted by Gasteiger charge is 2.01. The van der Waals surface area contributed by atoms with Gasteiger partial charge in [0.05, 0.1) is 6.04 Å². The number of thiophene rings is 1. The third-order valence-corrected chi connectivity index (χ3v) is 2.03. The molecule has 3 heteroatoms. The lowest BCUT2D eigenvalue weighted by Crippen LogP contribution is -2.10. The highest BCUT2D eigenvalue weighted by molar-refractivity contribution is 7.07. The molecule has 1 unspecified atom stereocenters. The monoisotopic (exact) mass is 152 g/mol. The maximum absolute atomic E-state index is 8.28. The van der Waals surface area contributed by atoms with E-state index in [1.165, 1.54) is 5.56 Å². The van der Waals surface area contributed by atoms with E-state index in [9.17, 15) is 0 Å². The fourth-order valence-electron chi connectivity index (χ4n) is 0.702. The summed E-state index contributed by atoms with van der Waals surface area (Å²) in [5, 5.41) is 15.0. The molecule has 2 nitrogen and oxygen atoms in total. The van der Waals surface area contributed by atoms with E-state index in [-0.39, 0.29) is 6.04 Å². The van der Waals surface area contributed by atoms with Crippen molar-refractivity contribution in [1.82, 2.24) is 5.32 Å². The summed E-state index contributed by atoms with van der Waals surface area (Å²) in [6.07, 6.45) is 1.91. The molecule has 1 N–H and O–H groups in total. The van der Waals surface area contributed by atoms with Gasteiger partial charge in [0.15, 0.2) is 6.19 Å². The Bertz CT molecular complexity index is 222. The molecule has 0 aliphatic rings. The van der Waals surface area contributed by atoms with Crippen molar-refractivity contribution in [3.05, 3.63) is 22.4 Å². The normalized spacial score (nSPS) is 12.0. The van der Waals surface area contributed by atoms with Crippen molar-refractivity contribution in [2.24, 2.45) is 0 Å². The molecule has 0 saturated carbocycles. The first-order chi connectivity index (χ1) is 4.84. The van der Waals surface area contributed by atoms with Crippen LogP contribution in [0.15, 0.2) is 16.8 Å². The maximum Gasteiger partial charge on any atom is 0.177 e. The SMILES string of the molecule is CC(NC#N)c1ccsc1. The summed E-state index contributed by atoms with van der Waals surface area (Å²) < 4.78 is 0. The van der Waals surface area contributed by atoms with Crippen molar-refractivity contribution < 1.29 is 0 Å². The Balaban J connectivity index is 2.61. The van der Waals surface area contributed by atoms with Crippen molar-refractivity contribution in [2.45, 2.75) is 13.0 Å². The van der Waals surface area contributed by atoms with Gasteiger partial charge in [0.2, 0.25) is 0 Å². The molecule has 0 aliphatic heterocycles. The Kier molecular flexibility index (Phi) is 2.30. The number of rotatable bonds is 2. The van der Waals surface area contributed by atoms with Crippen molar-refractivity contribution in [2.75, 3.05) is 0 Å². The molecule has 0 bridgehead atoms. The summed E-state index contributed by atoms with van der Waals surface area (Å²) in [6.45, 7) is 1.96. The van der Waals surface area contributed by atoms with Gasteiger partial charge < -0.3 is 5.32 Å². The Morgan fingerprint density at radius 3 is 3.10 bits per heavy atom. The van der Waals surface area contributed by atoms with Gasteiger partial charge in [0.25, 0.3) is 0 Å². The minimum Gasteiger partial charge on any atom is -0.317 e. The lowest BCUT2D eigenvalue weighted by atomic mass is 10.2. The standard InChI is InChI=1S/C7H8N2S/c1-6(9-5-8)7-2-3-10-4-7/h2-4,6,9H,1H3. The number of hydrogen-bond donors (Lipinski definition) is 1. The van der Waals surface area contributed by atoms with E-state index in [0.717, 1.165) is 0 Å². The Labute approximate surface area is 64.1 Å². The second kappa shape index (κ2) is 3.23. The van der Waals surface area contributed by atoms with Crippen LogP contribution in [0.1, 0.15) is 18.5 Å². The van der Waals surface area contributed by atoms with Crippen LogP contribution in [-0.2, 0) is 0 Å². The predicted octanol–water partition coefficient (Wildman–Crippen LogP) is 1.88. The average molecular weight is 152 g/mol. The van der Waals surface area contributed by atoms with E-state index in [1.54, 1.807) is 11.3 Å². The Morgan fingerprint density at radius 2 is 2.60 bits per heavy atom. The molecule has 52 valence electrons. The molecule has 1 aromatic heterocycles. The first kappa shape index (κ1) is 7.10. The van der Waals surface area contributed by atoms with Gasteiger partial charge >= 0.3 is 0 Å². The van der Waals surface area contributed by atoms with E-state index < -0.39 is 0 Å². The van der Waals surface area contributed by atoms with Gasteiger partial charge in [0, 0.05) is 0 Å². The number of nitrogens with one attached hydrogen (secondary N) is 1. The van der Waals surface area contributed by atoms with Crippen molar-refractivity contribution in [3.63, 3.8) is 0 Å². The summed E-state index contributed by atoms with van der Waals surface area (Å²) >= 11 is 1.64. The van der Waals surface area contributed by atoms with Crippen LogP contribution >= 0.6 is 11.3 Å². The molecular weight excluding hydrogens is 144 g/mol. The van der Waals surface area contributed by atoms with Crippen molar-refractivity contribution in [1.29, 1.82) is 5.26 Å². The van der Waals surface area contributed by atoms with Crippen molar-refractivity contribution >= 4 is 11.3 Å². The quantitative estimate of drug-likeness (QED) is 0.518. The lowest BCUT2D eigenvalue weighted by Gasteiger charge is -2.04. The number of nitrogens with zero attached hydrogens (tertiary/aromatic N) is 1. The molecule has 1 heterocycles. The highest BCUT2D eigenvalue weighted by atomic mass is 32.1. The smallest absolute Gasteiger partial charge is 0.177 e. The molecule has 0 saturated heterocycles. The first-order valence-electron chi connectivity index (χ1n) is 3.01. The predicted molar refractivity (Wildman–Crippen MR) is 41.5 cm³/mol. The minimum absolute atomic E-state index is 0.149. The van der Waals surface area contributed by atoms with Gasteiger partial charge in [-0.1, -0.05) is 0 Å². The molecule has 10 heavy (non-hydrogen) atoms. The van der Waals surface area contributed by atoms with E-state index >= 15 is 0 Å². The summed E-state index contributed by atoms with van der Waals surface area (Å²) in [6, 6.07) is 2.16. The molecule has 1 aromatic rings. The lowest BCUT2D eigenvalue weighted by molar-refractivity contribution is 0.700. The zero-order valence-corrected chi connectivity index (χ0v) is 6.48. The van der Waals surface area contributed by atoms with Gasteiger partial charge in [-0.05, 0) is 29.3 Å². The van der Waals surface area contributed by atoms with E-state index in [0.29, 0.717) is 0 Å². The second-order valence-corrected chi connectivity index (χ2v) is 2.81. The largest absolute Gasteiger partial charge is 0.317 e. The van der Waals surface area contributed by atoms with Crippen LogP contribution in [-0.4, -0.2) is 0 Å². The third-order valence-electron chi connectivity index (χ3n) is 1.32. The minimum atomic E-state index is 0.149. The van der Waals surface area contributed by atoms with Crippen LogP contribution in [0.5, 0.6) is 0 Å². The molecule has 0 radical (unpaired) electrons. The van der Waals surface area contributed by atoms with E-state index in [4.69, 9.17) is 5.26 Å². The summed E-state index contributed by atoms with van der Waals surface area (Å²) in [5.41, 5.74) is 1.17. The maximum atomic E-state index is 8.28. The topological polar surface area (TPSA) is 35.8 Å². The van der Waals surface area contributed by atoms with Crippen LogP contribution in [0, 0.1) is 11.5 Å². The molecule has 0 aromatic carbocycles. The van der Waals surface area contributed by atoms with Gasteiger partial charge in [-0.3, -0.25) is 0 Å². The van der Waals surface area contributed by atoms with Crippen molar-refractivity contribution in [3.8, 4) is 6.19 Å². The summed E-state index contributed by atoms with van der Waals surface area (Å²) in [5.74, 6) is 0. The Morgan fingerprint density at radius 1 is 1.80 bits per heavy atom. The molecule has 0 aliphatic carbocycles. The van der Waals surface area contributed by atoms with E-state index in [2.05, 4.69) is 5.32 Å². The molecular formula is C7H8N2S. The van der Waals surface area contributed by atoms with Crippen LogP contribution in [0.25, 0.3) is 0 Å². The second-order valence-electron chi connectivity index (χ2n) is 2.03. The van der Waals surface area contributed by atoms with Crippen LogP contribution in [0.4, 0.5) is 0 Å². The summed E-state index contributed by atoms with van der Waals surface area (Å²) in [4.78, 5) is 0. The third kappa shape index (κ3) is 1.49. The zero-order chi connectivity index (χ0) is 7.40. The fourth-order valence-corrected chi connectivity index (χ4v) is 1.46. The molecule has 0 spiro atoms. The molecule has 0 amide bonds. The van der Waals surface area contributed by atoms with Gasteiger partial charge in [-0.2, -0.15) is 16.6 Å². The molecule has 1 atom stereocenters. The molecule has 1 rings (SSSR count). The van der Waals surface area contributed by atoms with Crippen LogP contribution in [0.2, 0.25) is 0 Å². The van der Waals surface area contributed by atoms with Crippen LogP contribution < -0.4 is 5.32 Å².